The molecule has 102 valence electrons. The predicted molar refractivity (Wildman–Crippen MR) is 80.1 cm³/mol. The van der Waals surface area contributed by atoms with Gasteiger partial charge in [0.1, 0.15) is 5.65 Å². The summed E-state index contributed by atoms with van der Waals surface area (Å²) in [6, 6.07) is 7.68. The molecule has 2 heterocycles. The molecule has 0 atom stereocenters. The lowest BCUT2D eigenvalue weighted by Gasteiger charge is -2.05. The zero-order valence-corrected chi connectivity index (χ0v) is 12.5. The summed E-state index contributed by atoms with van der Waals surface area (Å²) >= 11 is 3.50. The largest absolute Gasteiger partial charge is 0.493 e. The van der Waals surface area contributed by atoms with Crippen LogP contribution in [0.15, 0.2) is 33.5 Å². The summed E-state index contributed by atoms with van der Waals surface area (Å²) in [5.74, 6) is -0.134. The SMILES string of the molecule is Cc1nn2c(O)c(C)c(=O)[nH]c2c1-c1ccccc1Br. The van der Waals surface area contributed by atoms with Crippen LogP contribution in [0.4, 0.5) is 0 Å². The number of aromatic nitrogens is 3. The van der Waals surface area contributed by atoms with Crippen molar-refractivity contribution < 1.29 is 5.11 Å². The van der Waals surface area contributed by atoms with Crippen LogP contribution < -0.4 is 5.56 Å². The van der Waals surface area contributed by atoms with E-state index >= 15 is 0 Å². The molecule has 5 nitrogen and oxygen atoms in total. The molecule has 3 aromatic rings. The molecule has 0 unspecified atom stereocenters. The number of rotatable bonds is 1. The molecular weight excluding hydrogens is 322 g/mol. The molecule has 0 radical (unpaired) electrons. The van der Waals surface area contributed by atoms with E-state index in [4.69, 9.17) is 0 Å². The van der Waals surface area contributed by atoms with Gasteiger partial charge in [-0.2, -0.15) is 9.61 Å². The van der Waals surface area contributed by atoms with Gasteiger partial charge in [0.05, 0.1) is 11.3 Å². The van der Waals surface area contributed by atoms with E-state index in [1.165, 1.54) is 4.52 Å². The first-order valence-corrected chi connectivity index (χ1v) is 6.86. The van der Waals surface area contributed by atoms with Crippen molar-refractivity contribution in [1.82, 2.24) is 14.6 Å². The van der Waals surface area contributed by atoms with E-state index in [0.717, 1.165) is 21.3 Å². The number of aryl methyl sites for hydroxylation is 1. The Bertz CT molecular complexity index is 880. The van der Waals surface area contributed by atoms with Gasteiger partial charge in [0.2, 0.25) is 5.88 Å². The highest BCUT2D eigenvalue weighted by atomic mass is 79.9. The van der Waals surface area contributed by atoms with Gasteiger partial charge < -0.3 is 10.1 Å². The number of halogens is 1. The molecule has 0 saturated heterocycles. The minimum Gasteiger partial charge on any atom is -0.493 e. The number of hydrogen-bond donors (Lipinski definition) is 2. The Morgan fingerprint density at radius 2 is 2.00 bits per heavy atom. The second-order valence-corrected chi connectivity index (χ2v) is 5.46. The molecule has 2 N–H and O–H groups in total. The number of hydrogen-bond acceptors (Lipinski definition) is 3. The van der Waals surface area contributed by atoms with Gasteiger partial charge in [-0.05, 0) is 19.9 Å². The number of nitrogens with one attached hydrogen (secondary N) is 1. The molecule has 0 bridgehead atoms. The quantitative estimate of drug-likeness (QED) is 0.719. The summed E-state index contributed by atoms with van der Waals surface area (Å²) in [6.07, 6.45) is 0. The number of aromatic amines is 1. The van der Waals surface area contributed by atoms with Crippen molar-refractivity contribution in [3.63, 3.8) is 0 Å². The fourth-order valence-corrected chi connectivity index (χ4v) is 2.73. The summed E-state index contributed by atoms with van der Waals surface area (Å²) in [5.41, 5.74) is 2.86. The van der Waals surface area contributed by atoms with E-state index < -0.39 is 0 Å². The van der Waals surface area contributed by atoms with Gasteiger partial charge in [-0.15, -0.1) is 0 Å². The summed E-state index contributed by atoms with van der Waals surface area (Å²) in [4.78, 5) is 14.6. The molecule has 0 fully saturated rings. The van der Waals surface area contributed by atoms with Crippen molar-refractivity contribution in [1.29, 1.82) is 0 Å². The highest BCUT2D eigenvalue weighted by Gasteiger charge is 2.18. The highest BCUT2D eigenvalue weighted by molar-refractivity contribution is 9.10. The summed E-state index contributed by atoms with van der Waals surface area (Å²) in [6.45, 7) is 3.40. The Morgan fingerprint density at radius 3 is 2.70 bits per heavy atom. The standard InChI is InChI=1S/C14H12BrN3O2/c1-7-13(19)16-12-11(8(2)17-18(12)14(7)20)9-5-3-4-6-10(9)15/h3-6,20H,1-2H3,(H,16,19). The first kappa shape index (κ1) is 12.9. The highest BCUT2D eigenvalue weighted by Crippen LogP contribution is 2.33. The fraction of sp³-hybridized carbons (Fsp3) is 0.143. The third kappa shape index (κ3) is 1.76. The van der Waals surface area contributed by atoms with E-state index in [9.17, 15) is 9.90 Å². The minimum atomic E-state index is -0.316. The monoisotopic (exact) mass is 333 g/mol. The predicted octanol–water partition coefficient (Wildman–Crippen LogP) is 2.77. The first-order chi connectivity index (χ1) is 9.50. The normalized spacial score (nSPS) is 11.2. The average Bonchev–Trinajstić information content (AvgIpc) is 2.74. The summed E-state index contributed by atoms with van der Waals surface area (Å²) in [5, 5.41) is 14.4. The molecule has 0 saturated carbocycles. The fourth-order valence-electron chi connectivity index (χ4n) is 2.24. The number of aromatic hydroxyl groups is 1. The van der Waals surface area contributed by atoms with Gasteiger partial charge in [-0.1, -0.05) is 34.1 Å². The average molecular weight is 334 g/mol. The van der Waals surface area contributed by atoms with Crippen LogP contribution in [0.3, 0.4) is 0 Å². The van der Waals surface area contributed by atoms with Crippen molar-refractivity contribution in [3.8, 4) is 17.0 Å². The van der Waals surface area contributed by atoms with E-state index in [1.807, 2.05) is 31.2 Å². The Morgan fingerprint density at radius 1 is 1.30 bits per heavy atom. The molecule has 0 aliphatic carbocycles. The number of nitrogens with zero attached hydrogens (tertiary/aromatic N) is 2. The molecular formula is C14H12BrN3O2. The van der Waals surface area contributed by atoms with Crippen LogP contribution >= 0.6 is 15.9 Å². The lowest BCUT2D eigenvalue weighted by atomic mass is 10.1. The smallest absolute Gasteiger partial charge is 0.257 e. The van der Waals surface area contributed by atoms with Crippen LogP contribution in [0.1, 0.15) is 11.3 Å². The van der Waals surface area contributed by atoms with Crippen LogP contribution in [-0.4, -0.2) is 19.7 Å². The maximum absolute atomic E-state index is 11.9. The van der Waals surface area contributed by atoms with Gasteiger partial charge in [0, 0.05) is 15.6 Å². The molecule has 0 amide bonds. The van der Waals surface area contributed by atoms with Gasteiger partial charge in [-0.3, -0.25) is 4.79 Å². The Hall–Kier alpha value is -2.08. The van der Waals surface area contributed by atoms with Crippen LogP contribution in [0.2, 0.25) is 0 Å². The molecule has 0 aliphatic heterocycles. The third-order valence-electron chi connectivity index (χ3n) is 3.31. The van der Waals surface area contributed by atoms with Crippen molar-refractivity contribution in [2.24, 2.45) is 0 Å². The Balaban J connectivity index is 2.47. The van der Waals surface area contributed by atoms with E-state index in [1.54, 1.807) is 6.92 Å². The summed E-state index contributed by atoms with van der Waals surface area (Å²) in [7, 11) is 0. The van der Waals surface area contributed by atoms with Crippen LogP contribution in [0.5, 0.6) is 5.88 Å². The first-order valence-electron chi connectivity index (χ1n) is 6.06. The van der Waals surface area contributed by atoms with Gasteiger partial charge >= 0.3 is 0 Å². The minimum absolute atomic E-state index is 0.134. The van der Waals surface area contributed by atoms with Crippen molar-refractivity contribution in [3.05, 3.63) is 50.3 Å². The van der Waals surface area contributed by atoms with Crippen molar-refractivity contribution in [2.75, 3.05) is 0 Å². The molecule has 1 aromatic carbocycles. The Kier molecular flexibility index (Phi) is 2.90. The maximum atomic E-state index is 11.9. The van der Waals surface area contributed by atoms with Crippen LogP contribution in [-0.2, 0) is 0 Å². The maximum Gasteiger partial charge on any atom is 0.257 e. The van der Waals surface area contributed by atoms with E-state index in [2.05, 4.69) is 26.0 Å². The van der Waals surface area contributed by atoms with Gasteiger partial charge in [-0.25, -0.2) is 0 Å². The van der Waals surface area contributed by atoms with Crippen LogP contribution in [0.25, 0.3) is 16.8 Å². The zero-order chi connectivity index (χ0) is 14.4. The second kappa shape index (κ2) is 4.49. The van der Waals surface area contributed by atoms with Crippen LogP contribution in [0, 0.1) is 13.8 Å². The Labute approximate surface area is 123 Å². The van der Waals surface area contributed by atoms with Gasteiger partial charge in [0.25, 0.3) is 5.56 Å². The van der Waals surface area contributed by atoms with Gasteiger partial charge in [0.15, 0.2) is 0 Å². The molecule has 3 rings (SSSR count). The molecule has 0 aliphatic rings. The number of H-pyrrole nitrogens is 1. The van der Waals surface area contributed by atoms with Crippen molar-refractivity contribution in [2.45, 2.75) is 13.8 Å². The number of fused-ring (bicyclic) bond motifs is 1. The number of benzene rings is 1. The molecule has 6 heteroatoms. The van der Waals surface area contributed by atoms with E-state index in [0.29, 0.717) is 5.65 Å². The third-order valence-corrected chi connectivity index (χ3v) is 4.00. The molecule has 2 aromatic heterocycles. The second-order valence-electron chi connectivity index (χ2n) is 4.60. The zero-order valence-electron chi connectivity index (χ0n) is 10.9. The summed E-state index contributed by atoms with van der Waals surface area (Å²) < 4.78 is 2.26. The molecule has 0 spiro atoms. The lowest BCUT2D eigenvalue weighted by Crippen LogP contribution is -2.12. The topological polar surface area (TPSA) is 70.4 Å². The lowest BCUT2D eigenvalue weighted by molar-refractivity contribution is 0.429. The molecule has 20 heavy (non-hydrogen) atoms. The van der Waals surface area contributed by atoms with E-state index in [-0.39, 0.29) is 17.0 Å². The van der Waals surface area contributed by atoms with Crippen molar-refractivity contribution >= 4 is 21.6 Å².